The third-order valence-electron chi connectivity index (χ3n) is 9.00. The summed E-state index contributed by atoms with van der Waals surface area (Å²) in [5.41, 5.74) is 5.27. The van der Waals surface area contributed by atoms with E-state index in [2.05, 4.69) is 26.5 Å². The van der Waals surface area contributed by atoms with Crippen molar-refractivity contribution >= 4 is 54.5 Å². The molecule has 0 spiro atoms. The highest BCUT2D eigenvalue weighted by molar-refractivity contribution is 6.43. The van der Waals surface area contributed by atoms with Crippen molar-refractivity contribution in [3.8, 4) is 0 Å². The van der Waals surface area contributed by atoms with E-state index in [0.717, 1.165) is 0 Å². The van der Waals surface area contributed by atoms with Gasteiger partial charge in [0.2, 0.25) is 17.7 Å². The largest absolute Gasteiger partial charge is 0.480 e. The third-order valence-corrected chi connectivity index (χ3v) is 9.00. The van der Waals surface area contributed by atoms with Gasteiger partial charge in [-0.2, -0.15) is 0 Å². The Balaban J connectivity index is 1.40. The quantitative estimate of drug-likeness (QED) is 0.0386. The van der Waals surface area contributed by atoms with Crippen LogP contribution in [0.15, 0.2) is 18.3 Å². The summed E-state index contributed by atoms with van der Waals surface area (Å²) in [7, 11) is -1.66. The number of hydrogen-bond acceptors (Lipinski definition) is 15. The molecule has 9 N–H and O–H groups in total. The number of carbonyl (C=O) groups excluding carboxylic acids is 4. The summed E-state index contributed by atoms with van der Waals surface area (Å²) in [5.74, 6) is -5.35. The van der Waals surface area contributed by atoms with Gasteiger partial charge < -0.3 is 40.9 Å². The molecule has 2 aliphatic heterocycles. The average molecular weight is 779 g/mol. The van der Waals surface area contributed by atoms with Gasteiger partial charge in [0.15, 0.2) is 0 Å². The molecule has 4 amide bonds. The zero-order chi connectivity index (χ0) is 40.3. The first kappa shape index (κ1) is 44.5. The fraction of sp³-hybridized carbons (Fsp3) is 0.625. The summed E-state index contributed by atoms with van der Waals surface area (Å²) >= 11 is 0. The molecule has 0 aliphatic carbocycles. The van der Waals surface area contributed by atoms with Gasteiger partial charge in [-0.3, -0.25) is 64.0 Å². The molecule has 1 atom stereocenters. The van der Waals surface area contributed by atoms with Crippen molar-refractivity contribution in [3.63, 3.8) is 0 Å². The highest BCUT2D eigenvalue weighted by atomic mass is 16.4. The Morgan fingerprint density at radius 2 is 1.24 bits per heavy atom. The number of likely N-dealkylation sites (tertiary alicyclic amines) is 1. The number of carboxylic acids is 3. The van der Waals surface area contributed by atoms with Gasteiger partial charge in [0.25, 0.3) is 5.91 Å². The van der Waals surface area contributed by atoms with E-state index < -0.39 is 48.7 Å². The van der Waals surface area contributed by atoms with E-state index in [1.54, 1.807) is 19.6 Å². The molecular formula is C32H51BN10O12. The number of pyridine rings is 1. The molecule has 3 rings (SSSR count). The monoisotopic (exact) mass is 778 g/mol. The minimum Gasteiger partial charge on any atom is -0.480 e. The van der Waals surface area contributed by atoms with Crippen LogP contribution in [0, 0.1) is 0 Å². The lowest BCUT2D eigenvalue weighted by Gasteiger charge is -2.32. The van der Waals surface area contributed by atoms with Gasteiger partial charge >= 0.3 is 25.0 Å². The second kappa shape index (κ2) is 23.1. The molecule has 22 nitrogen and oxygen atoms in total. The van der Waals surface area contributed by atoms with Crippen LogP contribution in [0.1, 0.15) is 36.0 Å². The molecule has 2 saturated heterocycles. The average Bonchev–Trinajstić information content (AvgIpc) is 3.63. The lowest BCUT2D eigenvalue weighted by Crippen LogP contribution is -2.49. The van der Waals surface area contributed by atoms with Crippen molar-refractivity contribution in [1.82, 2.24) is 45.5 Å². The second-order valence-corrected chi connectivity index (χ2v) is 13.2. The Kier molecular flexibility index (Phi) is 18.7. The molecule has 1 aromatic heterocycles. The summed E-state index contributed by atoms with van der Waals surface area (Å²) in [6.45, 7) is 1.54. The number of aromatic nitrogens is 1. The topological polar surface area (TPSA) is 298 Å². The molecule has 0 radical (unpaired) electrons. The van der Waals surface area contributed by atoms with Crippen LogP contribution in [0.3, 0.4) is 0 Å². The number of carbonyl (C=O) groups is 7. The summed E-state index contributed by atoms with van der Waals surface area (Å²) in [6.07, 6.45) is 2.69. The molecule has 55 heavy (non-hydrogen) atoms. The number of nitrogens with one attached hydrogen (secondary N) is 4. The first-order chi connectivity index (χ1) is 26.2. The smallest absolute Gasteiger partial charge is 0.475 e. The lowest BCUT2D eigenvalue weighted by atomic mass is 9.78. The fourth-order valence-electron chi connectivity index (χ4n) is 6.09. The molecule has 0 bridgehead atoms. The van der Waals surface area contributed by atoms with Gasteiger partial charge in [-0.1, -0.05) is 0 Å². The molecule has 2 fully saturated rings. The Morgan fingerprint density at radius 3 is 1.71 bits per heavy atom. The van der Waals surface area contributed by atoms with Gasteiger partial charge in [0, 0.05) is 78.1 Å². The number of carboxylic acid groups (broad SMARTS) is 3. The lowest BCUT2D eigenvalue weighted by molar-refractivity contribution is -0.140. The minimum atomic E-state index is -1.66. The Bertz CT molecular complexity index is 1440. The maximum atomic E-state index is 12.8. The summed E-state index contributed by atoms with van der Waals surface area (Å²) < 4.78 is 0. The summed E-state index contributed by atoms with van der Waals surface area (Å²) in [5, 5.41) is 52.2. The van der Waals surface area contributed by atoms with Gasteiger partial charge in [-0.05, 0) is 31.4 Å². The van der Waals surface area contributed by atoms with Gasteiger partial charge in [0.05, 0.1) is 44.2 Å². The maximum absolute atomic E-state index is 12.8. The van der Waals surface area contributed by atoms with Crippen LogP contribution in [0.2, 0.25) is 0 Å². The van der Waals surface area contributed by atoms with Crippen LogP contribution in [-0.2, 0) is 28.8 Å². The number of nitrogens with zero attached hydrogens (tertiary/aromatic N) is 6. The number of amides is 4. The number of rotatable bonds is 18. The van der Waals surface area contributed by atoms with Crippen molar-refractivity contribution in [2.24, 2.45) is 0 Å². The first-order valence-corrected chi connectivity index (χ1v) is 18.0. The van der Waals surface area contributed by atoms with E-state index in [9.17, 15) is 58.9 Å². The Labute approximate surface area is 317 Å². The summed E-state index contributed by atoms with van der Waals surface area (Å²) in [4.78, 5) is 96.6. The van der Waals surface area contributed by atoms with E-state index in [-0.39, 0.29) is 102 Å². The van der Waals surface area contributed by atoms with Crippen LogP contribution in [0.4, 0.5) is 5.82 Å². The van der Waals surface area contributed by atoms with Crippen LogP contribution in [0.25, 0.3) is 0 Å². The highest BCUT2D eigenvalue weighted by Gasteiger charge is 2.36. The van der Waals surface area contributed by atoms with Crippen molar-refractivity contribution in [1.29, 1.82) is 0 Å². The van der Waals surface area contributed by atoms with Crippen molar-refractivity contribution in [2.75, 3.05) is 104 Å². The number of hydrazine groups is 1. The van der Waals surface area contributed by atoms with Crippen molar-refractivity contribution in [2.45, 2.75) is 31.6 Å². The van der Waals surface area contributed by atoms with E-state index in [1.165, 1.54) is 23.2 Å². The Morgan fingerprint density at radius 1 is 0.709 bits per heavy atom. The van der Waals surface area contributed by atoms with Crippen LogP contribution in [-0.4, -0.2) is 208 Å². The number of anilines is 1. The predicted octanol–water partition coefficient (Wildman–Crippen LogP) is -4.37. The normalized spacial score (nSPS) is 18.0. The van der Waals surface area contributed by atoms with Gasteiger partial charge in [0.1, 0.15) is 5.82 Å². The standard InChI is InChI=1S/C32H51BN10O12/c44-26(38-37-25-6-5-23(17-35-25)32(53)36-18-28(46)43-8-2-3-24(43)33(54)55)4-1-7-34-27(45)19-39-9-11-40(20-29(47)48)13-15-42(22-31(51)52)16-14-41(12-10-39)21-30(49)50/h5-6,17,24,54-55H,1-4,7-16,18-22H2,(H,34,45)(H,35,37)(H,36,53)(H,38,44)(H,47,48)(H,49,50)(H,51,52)/t24-/m0/s1. The zero-order valence-electron chi connectivity index (χ0n) is 30.6. The zero-order valence-corrected chi connectivity index (χ0v) is 30.6. The van der Waals surface area contributed by atoms with E-state index >= 15 is 0 Å². The number of hydrogen-bond donors (Lipinski definition) is 9. The molecule has 2 aliphatic rings. The molecule has 3 heterocycles. The number of aliphatic carboxylic acids is 3. The molecular weight excluding hydrogens is 727 g/mol. The van der Waals surface area contributed by atoms with E-state index in [4.69, 9.17) is 0 Å². The molecule has 23 heteroatoms. The SMILES string of the molecule is O=C(O)CN1CCN(CC(=O)O)CCN(CC(=O)NCCCC(=O)NNc2ccc(C(=O)NCC(=O)N3CCC[C@H]3B(O)O)cn2)CCN(CC(=O)O)CC1. The second-order valence-electron chi connectivity index (χ2n) is 13.2. The maximum Gasteiger partial charge on any atom is 0.475 e. The fourth-order valence-corrected chi connectivity index (χ4v) is 6.09. The van der Waals surface area contributed by atoms with E-state index in [1.807, 2.05) is 0 Å². The van der Waals surface area contributed by atoms with Crippen LogP contribution < -0.4 is 21.5 Å². The van der Waals surface area contributed by atoms with Crippen molar-refractivity contribution in [3.05, 3.63) is 23.9 Å². The molecule has 304 valence electrons. The van der Waals surface area contributed by atoms with Crippen LogP contribution >= 0.6 is 0 Å². The predicted molar refractivity (Wildman–Crippen MR) is 194 cm³/mol. The highest BCUT2D eigenvalue weighted by Crippen LogP contribution is 2.18. The molecule has 1 aromatic rings. The first-order valence-electron chi connectivity index (χ1n) is 18.0. The molecule has 0 unspecified atom stereocenters. The molecule has 0 saturated carbocycles. The minimum absolute atomic E-state index is 0.0455. The van der Waals surface area contributed by atoms with Crippen molar-refractivity contribution < 1.29 is 58.9 Å². The van der Waals surface area contributed by atoms with Gasteiger partial charge in [-0.15, -0.1) is 0 Å². The van der Waals surface area contributed by atoms with Gasteiger partial charge in [-0.25, -0.2) is 4.98 Å². The molecule has 0 aromatic carbocycles. The van der Waals surface area contributed by atoms with E-state index in [0.29, 0.717) is 38.9 Å². The third kappa shape index (κ3) is 17.0. The van der Waals surface area contributed by atoms with Crippen LogP contribution in [0.5, 0.6) is 0 Å². The Hall–Kier alpha value is -4.94. The summed E-state index contributed by atoms with van der Waals surface area (Å²) in [6, 6.07) is 2.89.